The molecule has 1 aliphatic heterocycles. The largest absolute Gasteiger partial charge is 0.348 e. The average Bonchev–Trinajstić information content (AvgIpc) is 3.02. The van der Waals surface area contributed by atoms with Crippen molar-refractivity contribution < 1.29 is 9.59 Å². The van der Waals surface area contributed by atoms with Crippen molar-refractivity contribution in [2.75, 3.05) is 11.4 Å². The third-order valence-corrected chi connectivity index (χ3v) is 4.91. The zero-order valence-corrected chi connectivity index (χ0v) is 15.1. The first-order valence-corrected chi connectivity index (χ1v) is 8.84. The molecule has 0 radical (unpaired) electrons. The van der Waals surface area contributed by atoms with Crippen LogP contribution >= 0.6 is 15.9 Å². The van der Waals surface area contributed by atoms with Gasteiger partial charge in [0.05, 0.1) is 5.56 Å². The highest BCUT2D eigenvalue weighted by atomic mass is 79.9. The number of carbonyl (C=O) groups is 2. The number of benzene rings is 2. The fraction of sp³-hybridized carbons (Fsp3) is 0.263. The van der Waals surface area contributed by atoms with Gasteiger partial charge < -0.3 is 10.2 Å². The van der Waals surface area contributed by atoms with E-state index < -0.39 is 0 Å². The van der Waals surface area contributed by atoms with E-state index in [9.17, 15) is 9.59 Å². The van der Waals surface area contributed by atoms with Gasteiger partial charge in [0.2, 0.25) is 5.91 Å². The first-order valence-electron chi connectivity index (χ1n) is 8.05. The van der Waals surface area contributed by atoms with Crippen LogP contribution in [0.15, 0.2) is 46.9 Å². The van der Waals surface area contributed by atoms with Crippen molar-refractivity contribution >= 4 is 33.4 Å². The van der Waals surface area contributed by atoms with Gasteiger partial charge in [-0.1, -0.05) is 31.2 Å². The topological polar surface area (TPSA) is 49.4 Å². The molecular weight excluding hydrogens is 368 g/mol. The molecule has 0 aromatic heterocycles. The molecular formula is C19H19BrN2O2. The molecule has 3 rings (SSSR count). The summed E-state index contributed by atoms with van der Waals surface area (Å²) >= 11 is 3.39. The Bertz CT molecular complexity index is 789. The molecule has 0 aliphatic carbocycles. The maximum absolute atomic E-state index is 12.3. The summed E-state index contributed by atoms with van der Waals surface area (Å²) in [5.41, 5.74) is 3.84. The molecule has 124 valence electrons. The van der Waals surface area contributed by atoms with Crippen molar-refractivity contribution in [3.63, 3.8) is 0 Å². The zero-order chi connectivity index (χ0) is 17.1. The smallest absolute Gasteiger partial charge is 0.252 e. The predicted octanol–water partition coefficient (Wildman–Crippen LogP) is 3.68. The quantitative estimate of drug-likeness (QED) is 0.870. The molecule has 0 fully saturated rings. The van der Waals surface area contributed by atoms with E-state index in [1.54, 1.807) is 6.07 Å². The maximum atomic E-state index is 12.3. The number of nitrogens with one attached hydrogen (secondary N) is 1. The summed E-state index contributed by atoms with van der Waals surface area (Å²) in [6.45, 7) is 3.09. The van der Waals surface area contributed by atoms with Gasteiger partial charge in [-0.25, -0.2) is 0 Å². The lowest BCUT2D eigenvalue weighted by Gasteiger charge is -2.16. The molecule has 1 aliphatic rings. The Balaban J connectivity index is 1.68. The standard InChI is InChI=1S/C19H19BrN2O2/c1-2-18(23)22-10-9-14-11-13(7-8-17(14)22)12-21-19(24)15-5-3-4-6-16(15)20/h3-8,11H,2,9-10,12H2,1H3,(H,21,24). The average molecular weight is 387 g/mol. The molecule has 0 unspecified atom stereocenters. The summed E-state index contributed by atoms with van der Waals surface area (Å²) in [4.78, 5) is 26.0. The third kappa shape index (κ3) is 3.36. The Morgan fingerprint density at radius 1 is 1.21 bits per heavy atom. The minimum absolute atomic E-state index is 0.106. The van der Waals surface area contributed by atoms with E-state index in [0.29, 0.717) is 18.5 Å². The lowest BCUT2D eigenvalue weighted by molar-refractivity contribution is -0.118. The van der Waals surface area contributed by atoms with E-state index in [0.717, 1.165) is 28.7 Å². The molecule has 0 spiro atoms. The Morgan fingerprint density at radius 3 is 2.75 bits per heavy atom. The van der Waals surface area contributed by atoms with E-state index in [2.05, 4.69) is 27.3 Å². The Kier molecular flexibility index (Phi) is 5.00. The SMILES string of the molecule is CCC(=O)N1CCc2cc(CNC(=O)c3ccccc3Br)ccc21. The van der Waals surface area contributed by atoms with Crippen molar-refractivity contribution in [1.29, 1.82) is 0 Å². The molecule has 2 aromatic rings. The highest BCUT2D eigenvalue weighted by Gasteiger charge is 2.23. The molecule has 0 bridgehead atoms. The van der Waals surface area contributed by atoms with Gasteiger partial charge >= 0.3 is 0 Å². The highest BCUT2D eigenvalue weighted by molar-refractivity contribution is 9.10. The van der Waals surface area contributed by atoms with Crippen molar-refractivity contribution in [3.8, 4) is 0 Å². The van der Waals surface area contributed by atoms with Gasteiger partial charge in [-0.2, -0.15) is 0 Å². The highest BCUT2D eigenvalue weighted by Crippen LogP contribution is 2.29. The number of hydrogen-bond donors (Lipinski definition) is 1. The van der Waals surface area contributed by atoms with E-state index in [4.69, 9.17) is 0 Å². The minimum atomic E-state index is -0.106. The van der Waals surface area contributed by atoms with Gasteiger partial charge in [0.25, 0.3) is 5.91 Å². The van der Waals surface area contributed by atoms with Crippen molar-refractivity contribution in [2.24, 2.45) is 0 Å². The Morgan fingerprint density at radius 2 is 2.00 bits per heavy atom. The number of nitrogens with zero attached hydrogens (tertiary/aromatic N) is 1. The number of halogens is 1. The van der Waals surface area contributed by atoms with Crippen LogP contribution in [-0.4, -0.2) is 18.4 Å². The number of rotatable bonds is 4. The van der Waals surface area contributed by atoms with Gasteiger partial charge in [-0.05, 0) is 51.7 Å². The molecule has 0 atom stereocenters. The second-order valence-corrected chi connectivity index (χ2v) is 6.63. The minimum Gasteiger partial charge on any atom is -0.348 e. The van der Waals surface area contributed by atoms with Crippen LogP contribution in [0.5, 0.6) is 0 Å². The van der Waals surface area contributed by atoms with Gasteiger partial charge in [0.15, 0.2) is 0 Å². The van der Waals surface area contributed by atoms with E-state index in [1.165, 1.54) is 5.56 Å². The summed E-state index contributed by atoms with van der Waals surface area (Å²) in [7, 11) is 0. The van der Waals surface area contributed by atoms with Crippen molar-refractivity contribution in [1.82, 2.24) is 5.32 Å². The molecule has 1 heterocycles. The lowest BCUT2D eigenvalue weighted by Crippen LogP contribution is -2.27. The maximum Gasteiger partial charge on any atom is 0.252 e. The zero-order valence-electron chi connectivity index (χ0n) is 13.5. The van der Waals surface area contributed by atoms with Gasteiger partial charge in [0, 0.05) is 29.7 Å². The summed E-state index contributed by atoms with van der Waals surface area (Å²) < 4.78 is 0.783. The fourth-order valence-corrected chi connectivity index (χ4v) is 3.40. The van der Waals surface area contributed by atoms with Gasteiger partial charge in [-0.15, -0.1) is 0 Å². The number of carbonyl (C=O) groups excluding carboxylic acids is 2. The third-order valence-electron chi connectivity index (χ3n) is 4.21. The first kappa shape index (κ1) is 16.7. The Hall–Kier alpha value is -2.14. The van der Waals surface area contributed by atoms with Crippen LogP contribution in [0.3, 0.4) is 0 Å². The van der Waals surface area contributed by atoms with E-state index in [-0.39, 0.29) is 11.8 Å². The number of amides is 2. The predicted molar refractivity (Wildman–Crippen MR) is 98.1 cm³/mol. The second kappa shape index (κ2) is 7.18. The molecule has 5 heteroatoms. The lowest BCUT2D eigenvalue weighted by atomic mass is 10.1. The van der Waals surface area contributed by atoms with Crippen molar-refractivity contribution in [3.05, 3.63) is 63.6 Å². The molecule has 0 saturated carbocycles. The van der Waals surface area contributed by atoms with Crippen LogP contribution in [0.1, 0.15) is 34.8 Å². The molecule has 0 saturated heterocycles. The van der Waals surface area contributed by atoms with Gasteiger partial charge in [-0.3, -0.25) is 9.59 Å². The summed E-state index contributed by atoms with van der Waals surface area (Å²) in [5, 5.41) is 2.94. The summed E-state index contributed by atoms with van der Waals surface area (Å²) in [5.74, 6) is 0.0505. The summed E-state index contributed by atoms with van der Waals surface area (Å²) in [6, 6.07) is 13.4. The second-order valence-electron chi connectivity index (χ2n) is 5.77. The van der Waals surface area contributed by atoms with E-state index in [1.807, 2.05) is 42.2 Å². The fourth-order valence-electron chi connectivity index (χ4n) is 2.94. The van der Waals surface area contributed by atoms with Gasteiger partial charge in [0.1, 0.15) is 0 Å². The monoisotopic (exact) mass is 386 g/mol. The van der Waals surface area contributed by atoms with Crippen LogP contribution in [0, 0.1) is 0 Å². The van der Waals surface area contributed by atoms with Crippen LogP contribution in [0.4, 0.5) is 5.69 Å². The molecule has 24 heavy (non-hydrogen) atoms. The van der Waals surface area contributed by atoms with Crippen LogP contribution in [-0.2, 0) is 17.8 Å². The van der Waals surface area contributed by atoms with Crippen LogP contribution < -0.4 is 10.2 Å². The molecule has 1 N–H and O–H groups in total. The number of hydrogen-bond acceptors (Lipinski definition) is 2. The molecule has 2 aromatic carbocycles. The number of anilines is 1. The first-order chi connectivity index (χ1) is 11.6. The van der Waals surface area contributed by atoms with Crippen LogP contribution in [0.2, 0.25) is 0 Å². The molecule has 4 nitrogen and oxygen atoms in total. The summed E-state index contributed by atoms with van der Waals surface area (Å²) in [6.07, 6.45) is 1.39. The normalized spacial score (nSPS) is 12.8. The van der Waals surface area contributed by atoms with Crippen LogP contribution in [0.25, 0.3) is 0 Å². The van der Waals surface area contributed by atoms with E-state index >= 15 is 0 Å². The number of fused-ring (bicyclic) bond motifs is 1. The Labute approximate surface area is 150 Å². The molecule has 2 amide bonds. The van der Waals surface area contributed by atoms with Crippen molar-refractivity contribution in [2.45, 2.75) is 26.3 Å².